The van der Waals surface area contributed by atoms with Crippen LogP contribution >= 0.6 is 34.5 Å². The van der Waals surface area contributed by atoms with Gasteiger partial charge in [-0.05, 0) is 18.2 Å². The average molecular weight is 315 g/mol. The number of carbonyl (C=O) groups excluding carboxylic acids is 2. The monoisotopic (exact) mass is 314 g/mol. The van der Waals surface area contributed by atoms with Gasteiger partial charge in [-0.1, -0.05) is 23.2 Å². The van der Waals surface area contributed by atoms with Gasteiger partial charge in [0.2, 0.25) is 0 Å². The Labute approximate surface area is 123 Å². The van der Waals surface area contributed by atoms with Crippen LogP contribution in [0.2, 0.25) is 10.0 Å². The molecule has 2 aromatic rings. The molecule has 0 aliphatic carbocycles. The van der Waals surface area contributed by atoms with Crippen molar-refractivity contribution >= 4 is 51.4 Å². The molecule has 1 aromatic carbocycles. The summed E-state index contributed by atoms with van der Waals surface area (Å²) in [5.74, 6) is -0.549. The van der Waals surface area contributed by atoms with Gasteiger partial charge in [0.05, 0.1) is 10.6 Å². The van der Waals surface area contributed by atoms with Crippen LogP contribution in [-0.2, 0) is 0 Å². The minimum atomic E-state index is -0.397. The molecular weight excluding hydrogens is 307 g/mol. The van der Waals surface area contributed by atoms with E-state index in [1.165, 1.54) is 30.4 Å². The number of nitrogens with one attached hydrogen (secondary N) is 1. The van der Waals surface area contributed by atoms with Crippen molar-refractivity contribution in [2.45, 2.75) is 6.92 Å². The molecule has 0 unspecified atom stereocenters. The number of thiazole rings is 1. The second-order valence-corrected chi connectivity index (χ2v) is 5.37. The fourth-order valence-corrected chi connectivity index (χ4v) is 2.57. The topological polar surface area (TPSA) is 59.1 Å². The number of Topliss-reactive ketones (excluding diaryl/α,β-unsaturated/α-hetero) is 1. The zero-order valence-electron chi connectivity index (χ0n) is 9.74. The molecule has 0 aliphatic rings. The predicted octanol–water partition coefficient (Wildman–Crippen LogP) is 3.90. The second kappa shape index (κ2) is 5.69. The van der Waals surface area contributed by atoms with E-state index in [0.717, 1.165) is 0 Å². The van der Waals surface area contributed by atoms with E-state index in [4.69, 9.17) is 23.2 Å². The molecule has 0 atom stereocenters. The molecular formula is C12H8Cl2N2O2S. The first-order chi connectivity index (χ1) is 8.97. The Balaban J connectivity index is 2.18. The Bertz CT molecular complexity index is 655. The van der Waals surface area contributed by atoms with Crippen LogP contribution in [0.15, 0.2) is 23.6 Å². The van der Waals surface area contributed by atoms with Crippen LogP contribution in [0.5, 0.6) is 0 Å². The number of hydrogen-bond acceptors (Lipinski definition) is 4. The van der Waals surface area contributed by atoms with Crippen molar-refractivity contribution in [2.24, 2.45) is 0 Å². The Morgan fingerprint density at radius 1 is 1.32 bits per heavy atom. The van der Waals surface area contributed by atoms with E-state index in [2.05, 4.69) is 10.3 Å². The van der Waals surface area contributed by atoms with Crippen molar-refractivity contribution in [1.29, 1.82) is 0 Å². The lowest BCUT2D eigenvalue weighted by Crippen LogP contribution is -2.12. The number of halogens is 2. The molecule has 0 saturated carbocycles. The van der Waals surface area contributed by atoms with E-state index < -0.39 is 5.91 Å². The van der Waals surface area contributed by atoms with Gasteiger partial charge in [0.25, 0.3) is 5.91 Å². The van der Waals surface area contributed by atoms with Crippen molar-refractivity contribution in [1.82, 2.24) is 4.98 Å². The van der Waals surface area contributed by atoms with E-state index in [-0.39, 0.29) is 10.8 Å². The Hall–Kier alpha value is -1.43. The van der Waals surface area contributed by atoms with Crippen molar-refractivity contribution < 1.29 is 9.59 Å². The van der Waals surface area contributed by atoms with Crippen LogP contribution < -0.4 is 5.32 Å². The third-order valence-corrected chi connectivity index (χ3v) is 3.57. The molecule has 98 valence electrons. The standard InChI is InChI=1S/C12H8Cl2N2O2S/c1-6(17)10-5-19-12(15-10)16-11(18)8-3-2-7(13)4-9(8)14/h2-5H,1H3,(H,15,16,18). The second-order valence-electron chi connectivity index (χ2n) is 3.67. The third kappa shape index (κ3) is 3.32. The molecule has 4 nitrogen and oxygen atoms in total. The summed E-state index contributed by atoms with van der Waals surface area (Å²) in [6.45, 7) is 1.41. The summed E-state index contributed by atoms with van der Waals surface area (Å²) in [5, 5.41) is 5.23. The van der Waals surface area contributed by atoms with Gasteiger partial charge >= 0.3 is 0 Å². The fraction of sp³-hybridized carbons (Fsp3) is 0.0833. The normalized spacial score (nSPS) is 10.3. The molecule has 0 radical (unpaired) electrons. The van der Waals surface area contributed by atoms with Crippen molar-refractivity contribution in [3.63, 3.8) is 0 Å². The molecule has 0 fully saturated rings. The van der Waals surface area contributed by atoms with Crippen LogP contribution in [-0.4, -0.2) is 16.7 Å². The zero-order chi connectivity index (χ0) is 14.0. The van der Waals surface area contributed by atoms with Gasteiger partial charge in [0.1, 0.15) is 5.69 Å². The zero-order valence-corrected chi connectivity index (χ0v) is 12.1. The largest absolute Gasteiger partial charge is 0.298 e. The van der Waals surface area contributed by atoms with E-state index in [1.54, 1.807) is 11.4 Å². The number of carbonyl (C=O) groups is 2. The maximum Gasteiger partial charge on any atom is 0.258 e. The Morgan fingerprint density at radius 3 is 2.63 bits per heavy atom. The minimum absolute atomic E-state index is 0.152. The van der Waals surface area contributed by atoms with E-state index in [9.17, 15) is 9.59 Å². The quantitative estimate of drug-likeness (QED) is 0.874. The lowest BCUT2D eigenvalue weighted by atomic mass is 10.2. The molecule has 1 amide bonds. The number of aromatic nitrogens is 1. The molecule has 1 aromatic heterocycles. The summed E-state index contributed by atoms with van der Waals surface area (Å²) < 4.78 is 0. The highest BCUT2D eigenvalue weighted by Crippen LogP contribution is 2.23. The first-order valence-electron chi connectivity index (χ1n) is 5.20. The Morgan fingerprint density at radius 2 is 2.05 bits per heavy atom. The first kappa shape index (κ1) is 14.0. The number of anilines is 1. The number of ketones is 1. The van der Waals surface area contributed by atoms with Crippen LogP contribution in [0.1, 0.15) is 27.8 Å². The fourth-order valence-electron chi connectivity index (χ4n) is 1.33. The van der Waals surface area contributed by atoms with Gasteiger partial charge in [-0.15, -0.1) is 11.3 Å². The lowest BCUT2D eigenvalue weighted by molar-refractivity contribution is 0.100. The summed E-state index contributed by atoms with van der Waals surface area (Å²) in [6, 6.07) is 4.59. The predicted molar refractivity (Wildman–Crippen MR) is 76.5 cm³/mol. The summed E-state index contributed by atoms with van der Waals surface area (Å²) in [6.07, 6.45) is 0. The van der Waals surface area contributed by atoms with Crippen LogP contribution in [0.3, 0.4) is 0 Å². The van der Waals surface area contributed by atoms with Crippen molar-refractivity contribution in [3.8, 4) is 0 Å². The summed E-state index contributed by atoms with van der Waals surface area (Å²) in [5.41, 5.74) is 0.619. The summed E-state index contributed by atoms with van der Waals surface area (Å²) >= 11 is 12.9. The van der Waals surface area contributed by atoms with Crippen LogP contribution in [0.4, 0.5) is 5.13 Å². The van der Waals surface area contributed by atoms with Gasteiger partial charge in [-0.3, -0.25) is 14.9 Å². The molecule has 19 heavy (non-hydrogen) atoms. The number of benzene rings is 1. The molecule has 0 spiro atoms. The minimum Gasteiger partial charge on any atom is -0.298 e. The van der Waals surface area contributed by atoms with Gasteiger partial charge in [-0.2, -0.15) is 0 Å². The van der Waals surface area contributed by atoms with Gasteiger partial charge < -0.3 is 0 Å². The van der Waals surface area contributed by atoms with Crippen molar-refractivity contribution in [3.05, 3.63) is 44.9 Å². The molecule has 0 saturated heterocycles. The highest BCUT2D eigenvalue weighted by molar-refractivity contribution is 7.14. The molecule has 0 aliphatic heterocycles. The first-order valence-corrected chi connectivity index (χ1v) is 6.84. The molecule has 1 N–H and O–H groups in total. The summed E-state index contributed by atoms with van der Waals surface area (Å²) in [7, 11) is 0. The lowest BCUT2D eigenvalue weighted by Gasteiger charge is -2.04. The number of nitrogens with zero attached hydrogens (tertiary/aromatic N) is 1. The smallest absolute Gasteiger partial charge is 0.258 e. The SMILES string of the molecule is CC(=O)c1csc(NC(=O)c2ccc(Cl)cc2Cl)n1. The van der Waals surface area contributed by atoms with Crippen LogP contribution in [0, 0.1) is 0 Å². The third-order valence-electron chi connectivity index (χ3n) is 2.26. The van der Waals surface area contributed by atoms with E-state index in [0.29, 0.717) is 21.4 Å². The number of rotatable bonds is 3. The Kier molecular flexibility index (Phi) is 4.19. The maximum absolute atomic E-state index is 12.0. The molecule has 2 rings (SSSR count). The van der Waals surface area contributed by atoms with E-state index >= 15 is 0 Å². The van der Waals surface area contributed by atoms with E-state index in [1.807, 2.05) is 0 Å². The van der Waals surface area contributed by atoms with Gasteiger partial charge in [0.15, 0.2) is 10.9 Å². The van der Waals surface area contributed by atoms with Crippen LogP contribution in [0.25, 0.3) is 0 Å². The van der Waals surface area contributed by atoms with Gasteiger partial charge in [-0.25, -0.2) is 4.98 Å². The summed E-state index contributed by atoms with van der Waals surface area (Å²) in [4.78, 5) is 27.1. The highest BCUT2D eigenvalue weighted by Gasteiger charge is 2.13. The average Bonchev–Trinajstić information content (AvgIpc) is 2.77. The number of hydrogen-bond donors (Lipinski definition) is 1. The molecule has 7 heteroatoms. The van der Waals surface area contributed by atoms with Crippen molar-refractivity contribution in [2.75, 3.05) is 5.32 Å². The maximum atomic E-state index is 12.0. The van der Waals surface area contributed by atoms with Gasteiger partial charge in [0, 0.05) is 17.3 Å². The number of amides is 1. The molecule has 1 heterocycles. The molecule has 0 bridgehead atoms. The highest BCUT2D eigenvalue weighted by atomic mass is 35.5.